The van der Waals surface area contributed by atoms with Crippen LogP contribution in [0.1, 0.15) is 27.2 Å². The summed E-state index contributed by atoms with van der Waals surface area (Å²) in [4.78, 5) is 10.6. The van der Waals surface area contributed by atoms with E-state index in [2.05, 4.69) is 59.9 Å². The fourth-order valence-electron chi connectivity index (χ4n) is 1.48. The van der Waals surface area contributed by atoms with Crippen molar-refractivity contribution in [1.82, 2.24) is 4.90 Å². The summed E-state index contributed by atoms with van der Waals surface area (Å²) in [6.45, 7) is 10.1. The van der Waals surface area contributed by atoms with Crippen molar-refractivity contribution >= 4 is 34.8 Å². The quantitative estimate of drug-likeness (QED) is 0.245. The smallest absolute Gasteiger partial charge is 0.137 e. The van der Waals surface area contributed by atoms with E-state index in [4.69, 9.17) is 0 Å². The molecule has 0 bridgehead atoms. The van der Waals surface area contributed by atoms with Crippen molar-refractivity contribution < 1.29 is 0 Å². The first-order chi connectivity index (χ1) is 7.97. The zero-order chi connectivity index (χ0) is 13.4. The van der Waals surface area contributed by atoms with Crippen LogP contribution in [-0.4, -0.2) is 35.1 Å². The van der Waals surface area contributed by atoms with Crippen LogP contribution >= 0.6 is 22.6 Å². The Morgan fingerprint density at radius 2 is 2.12 bits per heavy atom. The number of amidine groups is 1. The molecule has 0 heterocycles. The Morgan fingerprint density at radius 3 is 2.47 bits per heavy atom. The predicted molar refractivity (Wildman–Crippen MR) is 86.3 cm³/mol. The van der Waals surface area contributed by atoms with E-state index >= 15 is 0 Å². The molecule has 1 unspecified atom stereocenters. The van der Waals surface area contributed by atoms with Gasteiger partial charge in [-0.05, 0) is 25.8 Å². The second kappa shape index (κ2) is 8.44. The first kappa shape index (κ1) is 16.4. The van der Waals surface area contributed by atoms with Crippen molar-refractivity contribution in [3.63, 3.8) is 0 Å². The maximum atomic E-state index is 4.40. The molecule has 96 valence electrons. The minimum atomic E-state index is 0.316. The van der Waals surface area contributed by atoms with Gasteiger partial charge in [0.25, 0.3) is 0 Å². The van der Waals surface area contributed by atoms with Gasteiger partial charge in [0.2, 0.25) is 0 Å². The molecule has 1 atom stereocenters. The number of hydrogen-bond acceptors (Lipinski definition) is 1. The molecule has 0 fully saturated rings. The Bertz CT molecular complexity index is 341. The van der Waals surface area contributed by atoms with E-state index in [1.165, 1.54) is 11.3 Å². The lowest BCUT2D eigenvalue weighted by Gasteiger charge is -2.18. The minimum absolute atomic E-state index is 0.316. The third kappa shape index (κ3) is 5.48. The van der Waals surface area contributed by atoms with E-state index in [-0.39, 0.29) is 0 Å². The molecule has 17 heavy (non-hydrogen) atoms. The summed E-state index contributed by atoms with van der Waals surface area (Å²) in [6.07, 6.45) is 4.65. The first-order valence-electron chi connectivity index (χ1n) is 5.67. The van der Waals surface area contributed by atoms with E-state index < -0.39 is 0 Å². The van der Waals surface area contributed by atoms with E-state index in [0.29, 0.717) is 3.92 Å². The van der Waals surface area contributed by atoms with Gasteiger partial charge in [0.05, 0.1) is 10.3 Å². The third-order valence-corrected chi connectivity index (χ3v) is 3.03. The van der Waals surface area contributed by atoms with Crippen molar-refractivity contribution in [2.45, 2.75) is 31.1 Å². The lowest BCUT2D eigenvalue weighted by Crippen LogP contribution is -2.18. The Balaban J connectivity index is 4.91. The summed E-state index contributed by atoms with van der Waals surface area (Å²) in [5.41, 5.74) is 2.40. The number of halogens is 1. The van der Waals surface area contributed by atoms with Crippen LogP contribution in [0.25, 0.3) is 0 Å². The largest absolute Gasteiger partial charge is 0.339 e. The fourth-order valence-corrected chi connectivity index (χ4v) is 1.92. The summed E-state index contributed by atoms with van der Waals surface area (Å²) in [6, 6.07) is 0. The molecule has 4 heteroatoms. The fraction of sp³-hybridized carbons (Fsp3) is 0.538. The van der Waals surface area contributed by atoms with Crippen molar-refractivity contribution in [2.24, 2.45) is 9.98 Å². The zero-order valence-electron chi connectivity index (χ0n) is 11.4. The van der Waals surface area contributed by atoms with Gasteiger partial charge in [0.1, 0.15) is 5.84 Å². The summed E-state index contributed by atoms with van der Waals surface area (Å²) >= 11 is 2.31. The number of hydrogen-bond donors (Lipinski definition) is 0. The molecule has 0 aliphatic carbocycles. The van der Waals surface area contributed by atoms with E-state index in [9.17, 15) is 0 Å². The lowest BCUT2D eigenvalue weighted by atomic mass is 10.2. The standard InChI is InChI=1S/C13H22IN3/c1-7-10(3)12(8-2)17(6)9-16-13(15-5)11(4)14/h7,9,11H,1,8H2,2-6H3/b12-10+,15-13-,16-9+. The molecule has 0 aromatic carbocycles. The molecule has 0 aliphatic heterocycles. The number of allylic oxidation sites excluding steroid dienone is 3. The third-order valence-electron chi connectivity index (χ3n) is 2.47. The summed E-state index contributed by atoms with van der Waals surface area (Å²) in [5, 5.41) is 0. The van der Waals surface area contributed by atoms with Gasteiger partial charge in [-0.3, -0.25) is 4.99 Å². The second-order valence-corrected chi connectivity index (χ2v) is 5.61. The lowest BCUT2D eigenvalue weighted by molar-refractivity contribution is 0.609. The highest BCUT2D eigenvalue weighted by Gasteiger charge is 2.05. The molecule has 0 amide bonds. The molecule has 0 aliphatic rings. The van der Waals surface area contributed by atoms with Gasteiger partial charge >= 0.3 is 0 Å². The van der Waals surface area contributed by atoms with Crippen molar-refractivity contribution in [2.75, 3.05) is 14.1 Å². The maximum absolute atomic E-state index is 4.40. The molecule has 0 N–H and O–H groups in total. The zero-order valence-corrected chi connectivity index (χ0v) is 13.5. The Morgan fingerprint density at radius 1 is 1.53 bits per heavy atom. The Kier molecular flexibility index (Phi) is 8.12. The van der Waals surface area contributed by atoms with Gasteiger partial charge < -0.3 is 4.90 Å². The van der Waals surface area contributed by atoms with Crippen LogP contribution in [0.15, 0.2) is 33.9 Å². The van der Waals surface area contributed by atoms with Crippen LogP contribution in [0.4, 0.5) is 0 Å². The van der Waals surface area contributed by atoms with E-state index in [1.54, 1.807) is 7.05 Å². The average Bonchev–Trinajstić information content (AvgIpc) is 2.29. The molecule has 0 spiro atoms. The Hall–Kier alpha value is -0.650. The number of nitrogens with zero attached hydrogens (tertiary/aromatic N) is 3. The highest BCUT2D eigenvalue weighted by Crippen LogP contribution is 2.12. The number of alkyl halides is 1. The minimum Gasteiger partial charge on any atom is -0.339 e. The van der Waals surface area contributed by atoms with Crippen LogP contribution in [0, 0.1) is 0 Å². The van der Waals surface area contributed by atoms with Gasteiger partial charge in [0.15, 0.2) is 0 Å². The van der Waals surface area contributed by atoms with E-state index in [1.807, 2.05) is 24.4 Å². The SMILES string of the molecule is C=C/C(C)=C(\CC)N(C)/C=N/C(=N\C)C(C)I. The van der Waals surface area contributed by atoms with Crippen LogP contribution in [0.5, 0.6) is 0 Å². The highest BCUT2D eigenvalue weighted by molar-refractivity contribution is 14.1. The predicted octanol–water partition coefficient (Wildman–Crippen LogP) is 3.67. The van der Waals surface area contributed by atoms with Gasteiger partial charge in [-0.15, -0.1) is 0 Å². The average molecular weight is 347 g/mol. The van der Waals surface area contributed by atoms with E-state index in [0.717, 1.165) is 12.3 Å². The van der Waals surface area contributed by atoms with Crippen molar-refractivity contribution in [1.29, 1.82) is 0 Å². The maximum Gasteiger partial charge on any atom is 0.137 e. The van der Waals surface area contributed by atoms with Crippen molar-refractivity contribution in [3.8, 4) is 0 Å². The molecule has 0 aromatic rings. The summed E-state index contributed by atoms with van der Waals surface area (Å²) < 4.78 is 0.316. The molecular formula is C13H22IN3. The molecule has 0 saturated heterocycles. The second-order valence-electron chi connectivity index (χ2n) is 3.74. The van der Waals surface area contributed by atoms with Crippen LogP contribution in [-0.2, 0) is 0 Å². The summed E-state index contributed by atoms with van der Waals surface area (Å²) in [7, 11) is 3.77. The van der Waals surface area contributed by atoms with Gasteiger partial charge in [-0.1, -0.05) is 42.2 Å². The summed E-state index contributed by atoms with van der Waals surface area (Å²) in [5.74, 6) is 0.851. The van der Waals surface area contributed by atoms with Gasteiger partial charge in [0, 0.05) is 19.8 Å². The molecule has 0 rings (SSSR count). The molecule has 0 radical (unpaired) electrons. The Labute approximate surface area is 119 Å². The highest BCUT2D eigenvalue weighted by atomic mass is 127. The van der Waals surface area contributed by atoms with Crippen LogP contribution < -0.4 is 0 Å². The topological polar surface area (TPSA) is 28.0 Å². The monoisotopic (exact) mass is 347 g/mol. The molecule has 0 saturated carbocycles. The molecular weight excluding hydrogens is 325 g/mol. The van der Waals surface area contributed by atoms with Crippen LogP contribution in [0.2, 0.25) is 0 Å². The van der Waals surface area contributed by atoms with Gasteiger partial charge in [-0.2, -0.15) is 0 Å². The molecule has 0 aromatic heterocycles. The van der Waals surface area contributed by atoms with Crippen LogP contribution in [0.3, 0.4) is 0 Å². The number of rotatable bonds is 5. The molecule has 3 nitrogen and oxygen atoms in total. The first-order valence-corrected chi connectivity index (χ1v) is 6.92. The normalized spacial score (nSPS) is 15.8. The van der Waals surface area contributed by atoms with Crippen molar-refractivity contribution in [3.05, 3.63) is 23.9 Å². The number of aliphatic imine (C=N–C) groups is 2. The van der Waals surface area contributed by atoms with Gasteiger partial charge in [-0.25, -0.2) is 4.99 Å².